The molecule has 0 aliphatic carbocycles. The van der Waals surface area contributed by atoms with Gasteiger partial charge in [0.2, 0.25) is 10.0 Å². The van der Waals surface area contributed by atoms with Crippen molar-refractivity contribution in [3.05, 3.63) is 52.6 Å². The molecule has 4 rings (SSSR count). The van der Waals surface area contributed by atoms with Crippen LogP contribution in [0.5, 0.6) is 0 Å². The van der Waals surface area contributed by atoms with Crippen LogP contribution in [0.3, 0.4) is 0 Å². The summed E-state index contributed by atoms with van der Waals surface area (Å²) in [6.45, 7) is 1.00. The first-order valence-electron chi connectivity index (χ1n) is 9.35. The Morgan fingerprint density at radius 2 is 1.48 bits per heavy atom. The summed E-state index contributed by atoms with van der Waals surface area (Å²) in [5.74, 6) is 0. The summed E-state index contributed by atoms with van der Waals surface area (Å²) < 4.78 is 61.2. The fourth-order valence-corrected chi connectivity index (χ4v) is 6.29. The second-order valence-corrected chi connectivity index (χ2v) is 11.3. The third-order valence-corrected chi connectivity index (χ3v) is 8.50. The number of benzene rings is 2. The molecule has 1 aromatic heterocycles. The number of aromatic nitrogens is 1. The van der Waals surface area contributed by atoms with Gasteiger partial charge in [-0.2, -0.15) is 0 Å². The highest BCUT2D eigenvalue weighted by molar-refractivity contribution is 7.92. The van der Waals surface area contributed by atoms with E-state index in [9.17, 15) is 16.8 Å². The van der Waals surface area contributed by atoms with E-state index in [0.29, 0.717) is 47.0 Å². The van der Waals surface area contributed by atoms with Crippen molar-refractivity contribution >= 4 is 59.8 Å². The molecule has 2 aromatic carbocycles. The Kier molecular flexibility index (Phi) is 6.21. The fraction of sp³-hybridized carbons (Fsp3) is 0.263. The van der Waals surface area contributed by atoms with Crippen LogP contribution in [0.1, 0.15) is 12.8 Å². The molecule has 0 spiro atoms. The topological polar surface area (TPSA) is 117 Å². The summed E-state index contributed by atoms with van der Waals surface area (Å²) in [7, 11) is -7.75. The number of anilines is 1. The number of rotatable bonds is 6. The van der Waals surface area contributed by atoms with Crippen LogP contribution in [-0.2, 0) is 24.8 Å². The van der Waals surface area contributed by atoms with Gasteiger partial charge in [0.1, 0.15) is 0 Å². The van der Waals surface area contributed by atoms with Crippen molar-refractivity contribution in [1.29, 1.82) is 0 Å². The zero-order valence-corrected chi connectivity index (χ0v) is 19.2. The number of fused-ring (bicyclic) bond motifs is 1. The monoisotopic (exact) mass is 503 g/mol. The van der Waals surface area contributed by atoms with Crippen molar-refractivity contribution in [3.63, 3.8) is 0 Å². The molecule has 31 heavy (non-hydrogen) atoms. The number of sulfonamides is 2. The van der Waals surface area contributed by atoms with E-state index in [1.807, 2.05) is 0 Å². The molecule has 0 bridgehead atoms. The molecule has 1 fully saturated rings. The van der Waals surface area contributed by atoms with Crippen molar-refractivity contribution in [3.8, 4) is 0 Å². The summed E-state index contributed by atoms with van der Waals surface area (Å²) in [4.78, 5) is 2.80. The van der Waals surface area contributed by atoms with Gasteiger partial charge in [-0.3, -0.25) is 4.72 Å². The van der Waals surface area contributed by atoms with Gasteiger partial charge in [-0.25, -0.2) is 21.6 Å². The summed E-state index contributed by atoms with van der Waals surface area (Å²) in [6, 6.07) is 7.87. The van der Waals surface area contributed by atoms with Gasteiger partial charge < -0.3 is 9.72 Å². The van der Waals surface area contributed by atoms with Crippen LogP contribution in [0.25, 0.3) is 10.9 Å². The molecule has 2 heterocycles. The van der Waals surface area contributed by atoms with Crippen LogP contribution >= 0.6 is 23.2 Å². The molecule has 1 saturated heterocycles. The van der Waals surface area contributed by atoms with Gasteiger partial charge in [0.25, 0.3) is 10.0 Å². The molecular weight excluding hydrogens is 485 g/mol. The normalized spacial score (nSPS) is 15.9. The molecule has 0 atom stereocenters. The lowest BCUT2D eigenvalue weighted by atomic mass is 10.1. The Morgan fingerprint density at radius 3 is 2.13 bits per heavy atom. The quantitative estimate of drug-likeness (QED) is 0.473. The molecule has 0 amide bonds. The molecule has 1 aliphatic heterocycles. The van der Waals surface area contributed by atoms with E-state index in [2.05, 4.69) is 14.4 Å². The van der Waals surface area contributed by atoms with Gasteiger partial charge >= 0.3 is 0 Å². The van der Waals surface area contributed by atoms with E-state index >= 15 is 0 Å². The number of aromatic amines is 1. The number of hydrogen-bond acceptors (Lipinski definition) is 5. The molecule has 12 heteroatoms. The fourth-order valence-electron chi connectivity index (χ4n) is 3.36. The molecule has 1 aliphatic rings. The minimum atomic E-state index is -3.99. The molecule has 3 N–H and O–H groups in total. The highest BCUT2D eigenvalue weighted by Gasteiger charge is 2.23. The Bertz CT molecular complexity index is 1320. The smallest absolute Gasteiger partial charge is 0.261 e. The summed E-state index contributed by atoms with van der Waals surface area (Å²) in [6.07, 6.45) is 2.70. The lowest BCUT2D eigenvalue weighted by Crippen LogP contribution is -2.38. The minimum Gasteiger partial charge on any atom is -0.381 e. The maximum Gasteiger partial charge on any atom is 0.261 e. The first-order chi connectivity index (χ1) is 14.7. The number of nitrogens with one attached hydrogen (secondary N) is 3. The van der Waals surface area contributed by atoms with Gasteiger partial charge in [-0.1, -0.05) is 23.2 Å². The van der Waals surface area contributed by atoms with Gasteiger partial charge in [0.15, 0.2) is 0 Å². The second-order valence-electron chi connectivity index (χ2n) is 7.07. The number of ether oxygens (including phenoxy) is 1. The second kappa shape index (κ2) is 8.61. The number of hydrogen-bond donors (Lipinski definition) is 3. The summed E-state index contributed by atoms with van der Waals surface area (Å²) >= 11 is 12.2. The van der Waals surface area contributed by atoms with Crippen LogP contribution in [0.2, 0.25) is 10.0 Å². The van der Waals surface area contributed by atoms with Gasteiger partial charge in [0, 0.05) is 30.8 Å². The lowest BCUT2D eigenvalue weighted by molar-refractivity contribution is 0.0832. The van der Waals surface area contributed by atoms with Crippen molar-refractivity contribution in [2.24, 2.45) is 0 Å². The van der Waals surface area contributed by atoms with E-state index in [1.54, 1.807) is 6.07 Å². The predicted octanol–water partition coefficient (Wildman–Crippen LogP) is 3.73. The third kappa shape index (κ3) is 4.69. The molecular formula is C19H19Cl2N3O5S2. The minimum absolute atomic E-state index is 0.0111. The largest absolute Gasteiger partial charge is 0.381 e. The Balaban J connectivity index is 1.56. The molecule has 0 saturated carbocycles. The average molecular weight is 504 g/mol. The van der Waals surface area contributed by atoms with Crippen molar-refractivity contribution in [2.45, 2.75) is 28.7 Å². The summed E-state index contributed by atoms with van der Waals surface area (Å²) in [5, 5.41) is 1.26. The van der Waals surface area contributed by atoms with Crippen molar-refractivity contribution in [1.82, 2.24) is 9.71 Å². The zero-order chi connectivity index (χ0) is 22.2. The van der Waals surface area contributed by atoms with Gasteiger partial charge in [0.05, 0.1) is 31.0 Å². The summed E-state index contributed by atoms with van der Waals surface area (Å²) in [5.41, 5.74) is 0.713. The van der Waals surface area contributed by atoms with Crippen LogP contribution in [0.15, 0.2) is 52.4 Å². The first kappa shape index (κ1) is 22.4. The first-order valence-corrected chi connectivity index (χ1v) is 13.1. The van der Waals surface area contributed by atoms with Crippen LogP contribution in [0, 0.1) is 0 Å². The van der Waals surface area contributed by atoms with Crippen molar-refractivity contribution < 1.29 is 21.6 Å². The van der Waals surface area contributed by atoms with E-state index < -0.39 is 20.0 Å². The van der Waals surface area contributed by atoms with E-state index in [1.165, 1.54) is 36.5 Å². The average Bonchev–Trinajstić information content (AvgIpc) is 3.13. The van der Waals surface area contributed by atoms with Gasteiger partial charge in [-0.05, 0) is 49.2 Å². The standard InChI is InChI=1S/C19H19Cl2N3O5S2/c20-15-5-6-17(19-18(15)16(21)11-22-19)24-31(27,28)14-3-1-13(2-4-14)30(25,26)23-12-7-9-29-10-8-12/h1-6,11-12,22-24H,7-10H2. The molecule has 8 nitrogen and oxygen atoms in total. The van der Waals surface area contributed by atoms with E-state index in [4.69, 9.17) is 27.9 Å². The van der Waals surface area contributed by atoms with Crippen LogP contribution in [-0.4, -0.2) is 41.1 Å². The molecule has 3 aromatic rings. The maximum atomic E-state index is 12.8. The number of halogens is 2. The Hall–Kier alpha value is -1.82. The molecule has 166 valence electrons. The Morgan fingerprint density at radius 1 is 0.871 bits per heavy atom. The van der Waals surface area contributed by atoms with Gasteiger partial charge in [-0.15, -0.1) is 0 Å². The molecule has 0 unspecified atom stereocenters. The lowest BCUT2D eigenvalue weighted by Gasteiger charge is -2.23. The Labute approximate surface area is 190 Å². The van der Waals surface area contributed by atoms with Crippen LogP contribution < -0.4 is 9.44 Å². The van der Waals surface area contributed by atoms with Crippen molar-refractivity contribution in [2.75, 3.05) is 17.9 Å². The SMILES string of the molecule is O=S(=O)(Nc1ccc(Cl)c2c(Cl)c[nH]c12)c1ccc(S(=O)(=O)NC2CCOCC2)cc1. The zero-order valence-electron chi connectivity index (χ0n) is 16.1. The van der Waals surface area contributed by atoms with E-state index in [0.717, 1.165) is 0 Å². The third-order valence-electron chi connectivity index (χ3n) is 4.97. The highest BCUT2D eigenvalue weighted by Crippen LogP contribution is 2.35. The maximum absolute atomic E-state index is 12.8. The van der Waals surface area contributed by atoms with Crippen LogP contribution in [0.4, 0.5) is 5.69 Å². The molecule has 0 radical (unpaired) electrons. The number of H-pyrrole nitrogens is 1. The predicted molar refractivity (Wildman–Crippen MR) is 120 cm³/mol. The highest BCUT2D eigenvalue weighted by atomic mass is 35.5. The van der Waals surface area contributed by atoms with E-state index in [-0.39, 0.29) is 21.5 Å².